The van der Waals surface area contributed by atoms with Crippen LogP contribution in [0.15, 0.2) is 48.5 Å². The Balaban J connectivity index is 1.58. The van der Waals surface area contributed by atoms with Gasteiger partial charge < -0.3 is 15.0 Å². The summed E-state index contributed by atoms with van der Waals surface area (Å²) in [6.45, 7) is 2.63. The Morgan fingerprint density at radius 3 is 2.83 bits per heavy atom. The molecule has 4 nitrogen and oxygen atoms in total. The van der Waals surface area contributed by atoms with Crippen molar-refractivity contribution in [2.45, 2.75) is 19.8 Å². The summed E-state index contributed by atoms with van der Waals surface area (Å²) in [5.41, 5.74) is 4.36. The normalized spacial score (nSPS) is 10.8. The van der Waals surface area contributed by atoms with Crippen LogP contribution in [-0.2, 0) is 17.6 Å². The van der Waals surface area contributed by atoms with E-state index in [1.165, 1.54) is 0 Å². The molecule has 2 N–H and O–H groups in total. The van der Waals surface area contributed by atoms with Gasteiger partial charge in [0.2, 0.25) is 5.91 Å². The SMILES string of the molecule is COc1cccc(CCNC(=O)Cc2c(C)[nH]c3ccccc23)c1. The van der Waals surface area contributed by atoms with E-state index in [9.17, 15) is 4.79 Å². The summed E-state index contributed by atoms with van der Waals surface area (Å²) in [7, 11) is 1.66. The van der Waals surface area contributed by atoms with Gasteiger partial charge in [-0.15, -0.1) is 0 Å². The Bertz CT molecular complexity index is 852. The molecule has 3 rings (SSSR count). The van der Waals surface area contributed by atoms with Crippen molar-refractivity contribution in [3.63, 3.8) is 0 Å². The van der Waals surface area contributed by atoms with Gasteiger partial charge in [0.05, 0.1) is 13.5 Å². The highest BCUT2D eigenvalue weighted by atomic mass is 16.5. The smallest absolute Gasteiger partial charge is 0.224 e. The summed E-state index contributed by atoms with van der Waals surface area (Å²) in [4.78, 5) is 15.6. The van der Waals surface area contributed by atoms with E-state index in [1.54, 1.807) is 7.11 Å². The summed E-state index contributed by atoms with van der Waals surface area (Å²) in [5, 5.41) is 4.13. The van der Waals surface area contributed by atoms with Crippen LogP contribution >= 0.6 is 0 Å². The molecule has 1 amide bonds. The van der Waals surface area contributed by atoms with Crippen molar-refractivity contribution < 1.29 is 9.53 Å². The average Bonchev–Trinajstić information content (AvgIpc) is 2.91. The lowest BCUT2D eigenvalue weighted by atomic mass is 10.1. The molecule has 0 saturated heterocycles. The number of aromatic amines is 1. The van der Waals surface area contributed by atoms with Crippen LogP contribution in [0.3, 0.4) is 0 Å². The number of benzene rings is 2. The van der Waals surface area contributed by atoms with Crippen molar-refractivity contribution >= 4 is 16.8 Å². The van der Waals surface area contributed by atoms with Gasteiger partial charge in [0.15, 0.2) is 0 Å². The van der Waals surface area contributed by atoms with E-state index in [4.69, 9.17) is 4.74 Å². The number of nitrogens with one attached hydrogen (secondary N) is 2. The van der Waals surface area contributed by atoms with Gasteiger partial charge in [-0.1, -0.05) is 30.3 Å². The zero-order chi connectivity index (χ0) is 16.9. The predicted molar refractivity (Wildman–Crippen MR) is 96.4 cm³/mol. The number of carbonyl (C=O) groups excluding carboxylic acids is 1. The monoisotopic (exact) mass is 322 g/mol. The summed E-state index contributed by atoms with van der Waals surface area (Å²) in [6.07, 6.45) is 1.18. The van der Waals surface area contributed by atoms with E-state index in [-0.39, 0.29) is 5.91 Å². The number of hydrogen-bond acceptors (Lipinski definition) is 2. The maximum Gasteiger partial charge on any atom is 0.224 e. The first-order valence-corrected chi connectivity index (χ1v) is 8.13. The van der Waals surface area contributed by atoms with Crippen molar-refractivity contribution in [2.24, 2.45) is 0 Å². The Kier molecular flexibility index (Phi) is 4.85. The van der Waals surface area contributed by atoms with Gasteiger partial charge in [0.1, 0.15) is 5.75 Å². The minimum absolute atomic E-state index is 0.0470. The summed E-state index contributed by atoms with van der Waals surface area (Å²) in [5.74, 6) is 0.888. The van der Waals surface area contributed by atoms with Crippen LogP contribution in [0.2, 0.25) is 0 Å². The molecule has 0 aliphatic carbocycles. The first-order valence-electron chi connectivity index (χ1n) is 8.13. The number of carbonyl (C=O) groups is 1. The van der Waals surface area contributed by atoms with Crippen molar-refractivity contribution in [1.82, 2.24) is 10.3 Å². The van der Waals surface area contributed by atoms with Gasteiger partial charge in [-0.3, -0.25) is 4.79 Å². The fourth-order valence-electron chi connectivity index (χ4n) is 2.96. The molecule has 2 aromatic carbocycles. The van der Waals surface area contributed by atoms with Crippen molar-refractivity contribution in [2.75, 3.05) is 13.7 Å². The maximum absolute atomic E-state index is 12.3. The minimum Gasteiger partial charge on any atom is -0.497 e. The number of amides is 1. The van der Waals surface area contributed by atoms with Crippen molar-refractivity contribution in [1.29, 1.82) is 0 Å². The van der Waals surface area contributed by atoms with Gasteiger partial charge in [0, 0.05) is 23.1 Å². The number of fused-ring (bicyclic) bond motifs is 1. The lowest BCUT2D eigenvalue weighted by Gasteiger charge is -2.07. The molecule has 124 valence electrons. The Hall–Kier alpha value is -2.75. The number of rotatable bonds is 6. The molecule has 1 aromatic heterocycles. The first-order chi connectivity index (χ1) is 11.7. The fraction of sp³-hybridized carbons (Fsp3) is 0.250. The molecular formula is C20H22N2O2. The van der Waals surface area contributed by atoms with Gasteiger partial charge in [-0.25, -0.2) is 0 Å². The molecular weight excluding hydrogens is 300 g/mol. The molecule has 0 radical (unpaired) electrons. The van der Waals surface area contributed by atoms with Crippen molar-refractivity contribution in [3.8, 4) is 5.75 Å². The number of H-pyrrole nitrogens is 1. The Morgan fingerprint density at radius 1 is 1.17 bits per heavy atom. The molecule has 0 saturated carbocycles. The van der Waals surface area contributed by atoms with Crippen LogP contribution in [0.4, 0.5) is 0 Å². The van der Waals surface area contributed by atoms with Gasteiger partial charge in [-0.2, -0.15) is 0 Å². The van der Waals surface area contributed by atoms with Crippen molar-refractivity contribution in [3.05, 3.63) is 65.4 Å². The first kappa shape index (κ1) is 16.1. The summed E-state index contributed by atoms with van der Waals surface area (Å²) in [6, 6.07) is 16.0. The predicted octanol–water partition coefficient (Wildman–Crippen LogP) is 3.39. The second kappa shape index (κ2) is 7.21. The molecule has 0 atom stereocenters. The van der Waals surface area contributed by atoms with E-state index in [0.717, 1.165) is 39.9 Å². The quantitative estimate of drug-likeness (QED) is 0.731. The molecule has 3 aromatic rings. The second-order valence-electron chi connectivity index (χ2n) is 5.90. The fourth-order valence-corrected chi connectivity index (χ4v) is 2.96. The standard InChI is InChI=1S/C20H22N2O2/c1-14-18(17-8-3-4-9-19(17)22-14)13-20(23)21-11-10-15-6-5-7-16(12-15)24-2/h3-9,12,22H,10-11,13H2,1-2H3,(H,21,23). The Morgan fingerprint density at radius 2 is 2.00 bits per heavy atom. The highest BCUT2D eigenvalue weighted by molar-refractivity contribution is 5.90. The lowest BCUT2D eigenvalue weighted by Crippen LogP contribution is -2.27. The van der Waals surface area contributed by atoms with E-state index >= 15 is 0 Å². The third-order valence-corrected chi connectivity index (χ3v) is 4.23. The molecule has 0 fully saturated rings. The average molecular weight is 322 g/mol. The highest BCUT2D eigenvalue weighted by Gasteiger charge is 2.11. The molecule has 0 unspecified atom stereocenters. The van der Waals surface area contributed by atoms with Gasteiger partial charge in [0.25, 0.3) is 0 Å². The zero-order valence-electron chi connectivity index (χ0n) is 14.1. The molecule has 1 heterocycles. The number of aromatic nitrogens is 1. The minimum atomic E-state index is 0.0470. The van der Waals surface area contributed by atoms with Gasteiger partial charge in [-0.05, 0) is 42.7 Å². The van der Waals surface area contributed by atoms with Crippen LogP contribution in [0.25, 0.3) is 10.9 Å². The molecule has 0 spiro atoms. The Labute approximate surface area is 141 Å². The van der Waals surface area contributed by atoms with E-state index in [2.05, 4.69) is 16.4 Å². The van der Waals surface area contributed by atoms with Crippen LogP contribution in [0, 0.1) is 6.92 Å². The number of aryl methyl sites for hydroxylation is 1. The number of para-hydroxylation sites is 1. The third kappa shape index (κ3) is 3.59. The number of methoxy groups -OCH3 is 1. The summed E-state index contributed by atoms with van der Waals surface area (Å²) >= 11 is 0. The van der Waals surface area contributed by atoms with Crippen LogP contribution in [0.5, 0.6) is 5.75 Å². The molecule has 4 heteroatoms. The zero-order valence-corrected chi connectivity index (χ0v) is 14.1. The lowest BCUT2D eigenvalue weighted by molar-refractivity contribution is -0.120. The molecule has 24 heavy (non-hydrogen) atoms. The third-order valence-electron chi connectivity index (χ3n) is 4.23. The number of hydrogen-bond donors (Lipinski definition) is 2. The maximum atomic E-state index is 12.3. The molecule has 0 bridgehead atoms. The van der Waals surface area contributed by atoms with Crippen LogP contribution in [0.1, 0.15) is 16.8 Å². The number of ether oxygens (including phenoxy) is 1. The van der Waals surface area contributed by atoms with Gasteiger partial charge >= 0.3 is 0 Å². The largest absolute Gasteiger partial charge is 0.497 e. The van der Waals surface area contributed by atoms with Crippen LogP contribution in [-0.4, -0.2) is 24.5 Å². The molecule has 0 aliphatic rings. The summed E-state index contributed by atoms with van der Waals surface area (Å²) < 4.78 is 5.22. The van der Waals surface area contributed by atoms with E-state index in [0.29, 0.717) is 13.0 Å². The van der Waals surface area contributed by atoms with Crippen LogP contribution < -0.4 is 10.1 Å². The topological polar surface area (TPSA) is 54.1 Å². The highest BCUT2D eigenvalue weighted by Crippen LogP contribution is 2.22. The van der Waals surface area contributed by atoms with E-state index in [1.807, 2.05) is 49.4 Å². The molecule has 0 aliphatic heterocycles. The van der Waals surface area contributed by atoms with E-state index < -0.39 is 0 Å². The second-order valence-corrected chi connectivity index (χ2v) is 5.90.